The monoisotopic (exact) mass is 540 g/mol. The zero-order valence-corrected chi connectivity index (χ0v) is 19.2. The lowest BCUT2D eigenvalue weighted by atomic mass is 10.1. The maximum Gasteiger partial charge on any atom is 0.409 e. The van der Waals surface area contributed by atoms with Gasteiger partial charge in [0.2, 0.25) is 0 Å². The fourth-order valence-electron chi connectivity index (χ4n) is 2.79. The maximum atomic E-state index is 11.5. The molecule has 1 aliphatic heterocycles. The van der Waals surface area contributed by atoms with Crippen LogP contribution < -0.4 is 15.4 Å². The van der Waals surface area contributed by atoms with Gasteiger partial charge < -0.3 is 25.0 Å². The van der Waals surface area contributed by atoms with E-state index >= 15 is 0 Å². The molecular formula is C17H26BrIN4O3. The van der Waals surface area contributed by atoms with Crippen molar-refractivity contribution >= 4 is 52.0 Å². The normalized spacial score (nSPS) is 15.1. The first-order valence-corrected chi connectivity index (χ1v) is 8.99. The van der Waals surface area contributed by atoms with Gasteiger partial charge in [0.05, 0.1) is 14.2 Å². The van der Waals surface area contributed by atoms with Gasteiger partial charge in [-0.25, -0.2) is 4.79 Å². The Morgan fingerprint density at radius 2 is 2.04 bits per heavy atom. The van der Waals surface area contributed by atoms with Gasteiger partial charge in [-0.05, 0) is 31.0 Å². The molecule has 0 atom stereocenters. The number of rotatable bonds is 4. The summed E-state index contributed by atoms with van der Waals surface area (Å²) in [5, 5.41) is 6.73. The third kappa shape index (κ3) is 6.49. The summed E-state index contributed by atoms with van der Waals surface area (Å²) in [7, 11) is 4.82. The van der Waals surface area contributed by atoms with Gasteiger partial charge in [-0.1, -0.05) is 15.9 Å². The molecule has 0 aromatic heterocycles. The van der Waals surface area contributed by atoms with Crippen LogP contribution in [0.4, 0.5) is 4.79 Å². The molecule has 1 saturated heterocycles. The number of ether oxygens (including phenoxy) is 2. The van der Waals surface area contributed by atoms with E-state index in [1.807, 2.05) is 18.2 Å². The minimum absolute atomic E-state index is 0. The number of halogens is 2. The lowest BCUT2D eigenvalue weighted by Gasteiger charge is -2.32. The van der Waals surface area contributed by atoms with Crippen molar-refractivity contribution in [2.45, 2.75) is 25.4 Å². The Kier molecular flexibility index (Phi) is 10.1. The minimum atomic E-state index is -0.261. The van der Waals surface area contributed by atoms with Gasteiger partial charge in [0.25, 0.3) is 0 Å². The van der Waals surface area contributed by atoms with Crippen LogP contribution in [-0.2, 0) is 11.3 Å². The van der Waals surface area contributed by atoms with E-state index in [1.54, 1.807) is 19.1 Å². The third-order valence-corrected chi connectivity index (χ3v) is 4.67. The van der Waals surface area contributed by atoms with Crippen LogP contribution >= 0.6 is 39.9 Å². The van der Waals surface area contributed by atoms with Crippen LogP contribution in [0.2, 0.25) is 0 Å². The van der Waals surface area contributed by atoms with Crippen molar-refractivity contribution in [1.29, 1.82) is 0 Å². The van der Waals surface area contributed by atoms with Gasteiger partial charge in [0.1, 0.15) is 5.75 Å². The van der Waals surface area contributed by atoms with Crippen molar-refractivity contribution in [3.8, 4) is 5.75 Å². The molecule has 0 unspecified atom stereocenters. The van der Waals surface area contributed by atoms with Gasteiger partial charge >= 0.3 is 6.09 Å². The van der Waals surface area contributed by atoms with Crippen molar-refractivity contribution in [2.24, 2.45) is 4.99 Å². The summed E-state index contributed by atoms with van der Waals surface area (Å²) >= 11 is 3.48. The van der Waals surface area contributed by atoms with Crippen LogP contribution in [0.3, 0.4) is 0 Å². The number of piperidine rings is 1. The molecule has 146 valence electrons. The van der Waals surface area contributed by atoms with Gasteiger partial charge in [-0.15, -0.1) is 24.0 Å². The Morgan fingerprint density at radius 1 is 1.35 bits per heavy atom. The Balaban J connectivity index is 0.00000338. The molecule has 1 heterocycles. The number of amides is 1. The number of hydrogen-bond acceptors (Lipinski definition) is 4. The van der Waals surface area contributed by atoms with Crippen molar-refractivity contribution in [3.05, 3.63) is 28.2 Å². The Bertz CT molecular complexity index is 622. The number of aliphatic imine (C=N–C) groups is 1. The van der Waals surface area contributed by atoms with Crippen LogP contribution in [0.5, 0.6) is 5.75 Å². The van der Waals surface area contributed by atoms with Crippen LogP contribution in [0.1, 0.15) is 18.4 Å². The summed E-state index contributed by atoms with van der Waals surface area (Å²) in [6, 6.07) is 6.18. The number of methoxy groups -OCH3 is 2. The highest BCUT2D eigenvalue weighted by Gasteiger charge is 2.23. The predicted molar refractivity (Wildman–Crippen MR) is 116 cm³/mol. The molecule has 0 saturated carbocycles. The number of guanidine groups is 1. The summed E-state index contributed by atoms with van der Waals surface area (Å²) < 4.78 is 11.2. The van der Waals surface area contributed by atoms with Crippen molar-refractivity contribution < 1.29 is 14.3 Å². The number of hydrogen-bond donors (Lipinski definition) is 2. The fraction of sp³-hybridized carbons (Fsp3) is 0.529. The molecule has 9 heteroatoms. The highest BCUT2D eigenvalue weighted by Crippen LogP contribution is 2.22. The first kappa shape index (κ1) is 22.8. The average Bonchev–Trinajstić information content (AvgIpc) is 2.65. The topological polar surface area (TPSA) is 75.2 Å². The number of carbonyl (C=O) groups excluding carboxylic acids is 1. The Labute approximate surface area is 180 Å². The molecule has 0 bridgehead atoms. The minimum Gasteiger partial charge on any atom is -0.496 e. The van der Waals surface area contributed by atoms with Crippen molar-refractivity contribution in [3.63, 3.8) is 0 Å². The number of nitrogens with one attached hydrogen (secondary N) is 2. The number of carbonyl (C=O) groups is 1. The average molecular weight is 541 g/mol. The van der Waals surface area contributed by atoms with Gasteiger partial charge in [-0.2, -0.15) is 0 Å². The summed E-state index contributed by atoms with van der Waals surface area (Å²) in [6.45, 7) is 1.96. The lowest BCUT2D eigenvalue weighted by Crippen LogP contribution is -2.49. The second-order valence-electron chi connectivity index (χ2n) is 5.76. The molecule has 7 nitrogen and oxygen atoms in total. The summed E-state index contributed by atoms with van der Waals surface area (Å²) in [5.74, 6) is 1.57. The van der Waals surface area contributed by atoms with E-state index in [1.165, 1.54) is 7.11 Å². The molecule has 0 aliphatic carbocycles. The molecule has 0 radical (unpaired) electrons. The summed E-state index contributed by atoms with van der Waals surface area (Å²) in [4.78, 5) is 17.5. The highest BCUT2D eigenvalue weighted by atomic mass is 127. The van der Waals surface area contributed by atoms with Gasteiger partial charge in [0, 0.05) is 42.8 Å². The Hall–Kier alpha value is -1.23. The molecule has 1 aromatic carbocycles. The van der Waals surface area contributed by atoms with E-state index in [4.69, 9.17) is 9.47 Å². The van der Waals surface area contributed by atoms with Gasteiger partial charge in [-0.3, -0.25) is 4.99 Å². The SMILES string of the molecule is CN=C(NCc1cc(Br)ccc1OC)NC1CCN(C(=O)OC)CC1.I. The van der Waals surface area contributed by atoms with Crippen LogP contribution in [0, 0.1) is 0 Å². The molecule has 1 aliphatic rings. The van der Waals surface area contributed by atoms with Crippen molar-refractivity contribution in [2.75, 3.05) is 34.4 Å². The third-order valence-electron chi connectivity index (χ3n) is 4.18. The fourth-order valence-corrected chi connectivity index (χ4v) is 3.20. The van der Waals surface area contributed by atoms with E-state index in [2.05, 4.69) is 31.6 Å². The summed E-state index contributed by atoms with van der Waals surface area (Å²) in [6.07, 6.45) is 1.45. The molecule has 2 rings (SSSR count). The van der Waals surface area contributed by atoms with Crippen molar-refractivity contribution in [1.82, 2.24) is 15.5 Å². The standard InChI is InChI=1S/C17H25BrN4O3.HI/c1-19-16(20-11-12-10-13(18)4-5-15(12)24-2)21-14-6-8-22(9-7-14)17(23)25-3;/h4-5,10,14H,6-9,11H2,1-3H3,(H2,19,20,21);1H. The molecule has 2 N–H and O–H groups in total. The van der Waals surface area contributed by atoms with Crippen LogP contribution in [0.15, 0.2) is 27.7 Å². The molecule has 0 spiro atoms. The molecule has 1 amide bonds. The molecule has 26 heavy (non-hydrogen) atoms. The number of benzene rings is 1. The molecule has 1 fully saturated rings. The van der Waals surface area contributed by atoms with Crippen LogP contribution in [-0.4, -0.2) is 57.4 Å². The van der Waals surface area contributed by atoms with Gasteiger partial charge in [0.15, 0.2) is 5.96 Å². The first-order valence-electron chi connectivity index (χ1n) is 8.20. The second kappa shape index (κ2) is 11.5. The smallest absolute Gasteiger partial charge is 0.409 e. The highest BCUT2D eigenvalue weighted by molar-refractivity contribution is 14.0. The van der Waals surface area contributed by atoms with E-state index in [-0.39, 0.29) is 36.1 Å². The maximum absolute atomic E-state index is 11.5. The quantitative estimate of drug-likeness (QED) is 0.349. The zero-order chi connectivity index (χ0) is 18.2. The zero-order valence-electron chi connectivity index (χ0n) is 15.3. The predicted octanol–water partition coefficient (Wildman–Crippen LogP) is 2.97. The largest absolute Gasteiger partial charge is 0.496 e. The van der Waals surface area contributed by atoms with Crippen LogP contribution in [0.25, 0.3) is 0 Å². The van der Waals surface area contributed by atoms with E-state index in [0.717, 1.165) is 34.6 Å². The Morgan fingerprint density at radius 3 is 2.62 bits per heavy atom. The lowest BCUT2D eigenvalue weighted by molar-refractivity contribution is 0.111. The molecule has 1 aromatic rings. The van der Waals surface area contributed by atoms with E-state index < -0.39 is 0 Å². The van der Waals surface area contributed by atoms with E-state index in [0.29, 0.717) is 19.6 Å². The van der Waals surface area contributed by atoms with E-state index in [9.17, 15) is 4.79 Å². The number of nitrogens with zero attached hydrogens (tertiary/aromatic N) is 2. The number of likely N-dealkylation sites (tertiary alicyclic amines) is 1. The molecular weight excluding hydrogens is 515 g/mol. The second-order valence-corrected chi connectivity index (χ2v) is 6.67. The first-order chi connectivity index (χ1) is 12.1. The summed E-state index contributed by atoms with van der Waals surface area (Å²) in [5.41, 5.74) is 1.04.